The van der Waals surface area contributed by atoms with E-state index in [2.05, 4.69) is 26.4 Å². The van der Waals surface area contributed by atoms with Crippen LogP contribution in [0.1, 0.15) is 22.7 Å². The van der Waals surface area contributed by atoms with Gasteiger partial charge in [0.15, 0.2) is 0 Å². The van der Waals surface area contributed by atoms with Gasteiger partial charge in [0, 0.05) is 30.9 Å². The van der Waals surface area contributed by atoms with Gasteiger partial charge in [-0.15, -0.1) is 6.58 Å². The Morgan fingerprint density at radius 3 is 2.90 bits per heavy atom. The first kappa shape index (κ1) is 22.2. The highest BCUT2D eigenvalue weighted by atomic mass is 32.2. The molecule has 0 spiro atoms. The zero-order valence-electron chi connectivity index (χ0n) is 16.3. The van der Waals surface area contributed by atoms with Crippen molar-refractivity contribution in [1.82, 2.24) is 19.8 Å². The third kappa shape index (κ3) is 5.80. The van der Waals surface area contributed by atoms with E-state index in [1.165, 1.54) is 6.08 Å². The predicted molar refractivity (Wildman–Crippen MR) is 108 cm³/mol. The van der Waals surface area contributed by atoms with Crippen LogP contribution in [0.5, 0.6) is 0 Å². The van der Waals surface area contributed by atoms with Crippen molar-refractivity contribution in [3.63, 3.8) is 0 Å². The van der Waals surface area contributed by atoms with Gasteiger partial charge in [-0.1, -0.05) is 11.2 Å². The van der Waals surface area contributed by atoms with Crippen molar-refractivity contribution in [3.8, 4) is 11.4 Å². The van der Waals surface area contributed by atoms with Crippen LogP contribution in [0.3, 0.4) is 0 Å². The number of carbonyl (C=O) groups is 1. The fraction of sp³-hybridized carbons (Fsp3) is 0.200. The molecule has 2 aromatic heterocycles. The number of aryl methyl sites for hydroxylation is 1. The first-order chi connectivity index (χ1) is 14.9. The van der Waals surface area contributed by atoms with Crippen LogP contribution < -0.4 is 4.72 Å². The normalized spacial score (nSPS) is 11.3. The molecule has 3 aromatic rings. The van der Waals surface area contributed by atoms with E-state index in [9.17, 15) is 17.6 Å². The SMILES string of the molecule is C=CCNS(=O)(=O)c1cc(C(=O)OCCCc2nc(-c3cccnc3)no2)ccc1F. The lowest BCUT2D eigenvalue weighted by molar-refractivity contribution is 0.0498. The Bertz CT molecular complexity index is 1170. The minimum Gasteiger partial charge on any atom is -0.462 e. The predicted octanol–water partition coefficient (Wildman–Crippen LogP) is 2.52. The number of nitrogens with one attached hydrogen (secondary N) is 1. The molecule has 0 aliphatic heterocycles. The van der Waals surface area contributed by atoms with Crippen LogP contribution >= 0.6 is 0 Å². The lowest BCUT2D eigenvalue weighted by atomic mass is 10.2. The number of rotatable bonds is 10. The Hall–Kier alpha value is -3.44. The lowest BCUT2D eigenvalue weighted by Gasteiger charge is -2.08. The van der Waals surface area contributed by atoms with Gasteiger partial charge >= 0.3 is 5.97 Å². The zero-order valence-corrected chi connectivity index (χ0v) is 17.1. The number of hydrogen-bond donors (Lipinski definition) is 1. The van der Waals surface area contributed by atoms with Gasteiger partial charge in [0.2, 0.25) is 21.7 Å². The minimum atomic E-state index is -4.13. The molecule has 9 nitrogen and oxygen atoms in total. The summed E-state index contributed by atoms with van der Waals surface area (Å²) in [6, 6.07) is 6.54. The van der Waals surface area contributed by atoms with Gasteiger partial charge in [0.05, 0.1) is 12.2 Å². The summed E-state index contributed by atoms with van der Waals surface area (Å²) in [6.07, 6.45) is 5.33. The molecule has 0 bridgehead atoms. The quantitative estimate of drug-likeness (QED) is 0.286. The first-order valence-corrected chi connectivity index (χ1v) is 10.7. The van der Waals surface area contributed by atoms with Crippen molar-refractivity contribution in [2.45, 2.75) is 17.7 Å². The van der Waals surface area contributed by atoms with Gasteiger partial charge in [0.25, 0.3) is 0 Å². The largest absolute Gasteiger partial charge is 0.462 e. The Labute approximate surface area is 178 Å². The van der Waals surface area contributed by atoms with Gasteiger partial charge in [-0.2, -0.15) is 4.98 Å². The number of hydrogen-bond acceptors (Lipinski definition) is 8. The molecule has 0 aliphatic carbocycles. The van der Waals surface area contributed by atoms with Gasteiger partial charge in [-0.05, 0) is 36.8 Å². The summed E-state index contributed by atoms with van der Waals surface area (Å²) in [4.78, 5) is 19.8. The maximum Gasteiger partial charge on any atom is 0.338 e. The monoisotopic (exact) mass is 446 g/mol. The molecule has 0 saturated heterocycles. The van der Waals surface area contributed by atoms with E-state index in [0.29, 0.717) is 30.1 Å². The molecule has 31 heavy (non-hydrogen) atoms. The van der Waals surface area contributed by atoms with E-state index in [-0.39, 0.29) is 18.7 Å². The van der Waals surface area contributed by atoms with Crippen molar-refractivity contribution in [1.29, 1.82) is 0 Å². The Kier molecular flexibility index (Phi) is 7.21. The number of esters is 1. The number of sulfonamides is 1. The molecule has 0 fully saturated rings. The molecule has 0 aliphatic rings. The van der Waals surface area contributed by atoms with Crippen LogP contribution in [0.25, 0.3) is 11.4 Å². The molecule has 0 unspecified atom stereocenters. The zero-order chi connectivity index (χ0) is 22.3. The Morgan fingerprint density at radius 1 is 1.32 bits per heavy atom. The summed E-state index contributed by atoms with van der Waals surface area (Å²) in [5.74, 6) is -0.973. The highest BCUT2D eigenvalue weighted by Crippen LogP contribution is 2.18. The molecular weight excluding hydrogens is 427 g/mol. The average Bonchev–Trinajstić information content (AvgIpc) is 3.25. The topological polar surface area (TPSA) is 124 Å². The third-order valence-corrected chi connectivity index (χ3v) is 5.47. The molecule has 0 atom stereocenters. The lowest BCUT2D eigenvalue weighted by Crippen LogP contribution is -2.25. The smallest absolute Gasteiger partial charge is 0.338 e. The van der Waals surface area contributed by atoms with Crippen molar-refractivity contribution in [2.24, 2.45) is 0 Å². The third-order valence-electron chi connectivity index (χ3n) is 4.03. The van der Waals surface area contributed by atoms with E-state index in [0.717, 1.165) is 18.2 Å². The van der Waals surface area contributed by atoms with E-state index >= 15 is 0 Å². The summed E-state index contributed by atoms with van der Waals surface area (Å²) >= 11 is 0. The Morgan fingerprint density at radius 2 is 2.16 bits per heavy atom. The van der Waals surface area contributed by atoms with Crippen molar-refractivity contribution in [2.75, 3.05) is 13.2 Å². The number of benzene rings is 1. The second kappa shape index (κ2) is 10.0. The summed E-state index contributed by atoms with van der Waals surface area (Å²) < 4.78 is 50.7. The van der Waals surface area contributed by atoms with Crippen LogP contribution in [-0.2, 0) is 21.2 Å². The van der Waals surface area contributed by atoms with E-state index in [1.807, 2.05) is 0 Å². The number of carbonyl (C=O) groups excluding carboxylic acids is 1. The first-order valence-electron chi connectivity index (χ1n) is 9.21. The maximum absolute atomic E-state index is 14.0. The molecule has 0 saturated carbocycles. The number of ether oxygens (including phenoxy) is 1. The van der Waals surface area contributed by atoms with Gasteiger partial charge < -0.3 is 9.26 Å². The summed E-state index contributed by atoms with van der Waals surface area (Å²) in [5, 5.41) is 3.87. The van der Waals surface area contributed by atoms with Crippen LogP contribution in [0.2, 0.25) is 0 Å². The highest BCUT2D eigenvalue weighted by molar-refractivity contribution is 7.89. The molecule has 1 aromatic carbocycles. The van der Waals surface area contributed by atoms with E-state index in [1.54, 1.807) is 24.5 Å². The average molecular weight is 446 g/mol. The van der Waals surface area contributed by atoms with Crippen molar-refractivity contribution in [3.05, 3.63) is 72.7 Å². The molecule has 162 valence electrons. The van der Waals surface area contributed by atoms with E-state index < -0.39 is 26.7 Å². The minimum absolute atomic E-state index is 0.0254. The molecule has 1 N–H and O–H groups in total. The highest BCUT2D eigenvalue weighted by Gasteiger charge is 2.21. The number of halogens is 1. The summed E-state index contributed by atoms with van der Waals surface area (Å²) in [7, 11) is -4.13. The molecule has 11 heteroatoms. The molecule has 0 radical (unpaired) electrons. The summed E-state index contributed by atoms with van der Waals surface area (Å²) in [6.45, 7) is 3.34. The van der Waals surface area contributed by atoms with Crippen LogP contribution in [-0.4, -0.2) is 42.7 Å². The maximum atomic E-state index is 14.0. The molecule has 0 amide bonds. The standard InChI is InChI=1S/C20H19FN4O5S/c1-2-9-23-31(27,28)17-12-14(7-8-16(17)21)20(26)29-11-4-6-18-24-19(25-30-18)15-5-3-10-22-13-15/h2-3,5,7-8,10,12-13,23H,1,4,6,9,11H2. The van der Waals surface area contributed by atoms with Gasteiger partial charge in [-0.25, -0.2) is 22.3 Å². The van der Waals surface area contributed by atoms with Crippen molar-refractivity contribution >= 4 is 16.0 Å². The fourth-order valence-electron chi connectivity index (χ4n) is 2.52. The van der Waals surface area contributed by atoms with Crippen LogP contribution in [0, 0.1) is 5.82 Å². The van der Waals surface area contributed by atoms with E-state index in [4.69, 9.17) is 9.26 Å². The summed E-state index contributed by atoms with van der Waals surface area (Å²) in [5.41, 5.74) is 0.630. The molecule has 2 heterocycles. The van der Waals surface area contributed by atoms with Crippen LogP contribution in [0.4, 0.5) is 4.39 Å². The Balaban J connectivity index is 1.55. The second-order valence-corrected chi connectivity index (χ2v) is 8.01. The second-order valence-electron chi connectivity index (χ2n) is 6.28. The number of pyridine rings is 1. The van der Waals surface area contributed by atoms with Crippen molar-refractivity contribution < 1.29 is 26.9 Å². The van der Waals surface area contributed by atoms with Gasteiger partial charge in [0.1, 0.15) is 10.7 Å². The van der Waals surface area contributed by atoms with Gasteiger partial charge in [-0.3, -0.25) is 4.98 Å². The van der Waals surface area contributed by atoms with Crippen LogP contribution in [0.15, 0.2) is 64.8 Å². The molecule has 3 rings (SSSR count). The molecular formula is C20H19FN4O5S. The number of aromatic nitrogens is 3. The fourth-order valence-corrected chi connectivity index (χ4v) is 3.62. The number of nitrogens with zero attached hydrogens (tertiary/aromatic N) is 3.